The standard InChI is InChI=1S/C33H24ClN3O3/c34-22-15-17-23(18-16-22)35-31(39)29-28(30(38)21-9-2-1-3-10-21)33(24-11-5-6-12-25(24)36-32(33)40)27-19-14-20-8-4-7-13-26(20)37(27)29/h1-19,27-29H,(H,35,39)(H,36,40). The molecule has 4 atom stereocenters. The van der Waals surface area contributed by atoms with Crippen LogP contribution in [0.15, 0.2) is 109 Å². The average molecular weight is 546 g/mol. The van der Waals surface area contributed by atoms with Crippen LogP contribution >= 0.6 is 11.6 Å². The lowest BCUT2D eigenvalue weighted by molar-refractivity contribution is -0.122. The van der Waals surface area contributed by atoms with Gasteiger partial charge in [0.1, 0.15) is 11.5 Å². The van der Waals surface area contributed by atoms with Crippen LogP contribution in [0.1, 0.15) is 21.5 Å². The summed E-state index contributed by atoms with van der Waals surface area (Å²) in [5.41, 5.74) is 2.75. The minimum atomic E-state index is -1.34. The van der Waals surface area contributed by atoms with Gasteiger partial charge in [-0.1, -0.05) is 90.5 Å². The Morgan fingerprint density at radius 2 is 1.55 bits per heavy atom. The third-order valence-electron chi connectivity index (χ3n) is 8.26. The van der Waals surface area contributed by atoms with E-state index in [1.807, 2.05) is 71.6 Å². The first-order valence-electron chi connectivity index (χ1n) is 13.1. The number of hydrogen-bond acceptors (Lipinski definition) is 4. The summed E-state index contributed by atoms with van der Waals surface area (Å²) >= 11 is 6.08. The van der Waals surface area contributed by atoms with Gasteiger partial charge in [-0.3, -0.25) is 14.4 Å². The van der Waals surface area contributed by atoms with Gasteiger partial charge >= 0.3 is 0 Å². The highest BCUT2D eigenvalue weighted by atomic mass is 35.5. The predicted octanol–water partition coefficient (Wildman–Crippen LogP) is 5.95. The first-order chi connectivity index (χ1) is 19.5. The Morgan fingerprint density at radius 3 is 2.35 bits per heavy atom. The largest absolute Gasteiger partial charge is 0.350 e. The van der Waals surface area contributed by atoms with Crippen molar-refractivity contribution in [2.24, 2.45) is 5.92 Å². The van der Waals surface area contributed by atoms with Crippen LogP contribution in [-0.2, 0) is 15.0 Å². The van der Waals surface area contributed by atoms with Crippen LogP contribution in [0.2, 0.25) is 5.02 Å². The SMILES string of the molecule is O=C(Nc1ccc(Cl)cc1)C1C(C(=O)c2ccccc2)C2(C(=O)Nc3ccccc32)C2C=Cc3ccccc3N12. The Morgan fingerprint density at radius 1 is 0.850 bits per heavy atom. The molecule has 1 fully saturated rings. The van der Waals surface area contributed by atoms with Crippen LogP contribution in [-0.4, -0.2) is 29.7 Å². The van der Waals surface area contributed by atoms with E-state index in [0.717, 1.165) is 16.8 Å². The number of hydrogen-bond donors (Lipinski definition) is 2. The zero-order valence-corrected chi connectivity index (χ0v) is 22.0. The molecule has 1 saturated heterocycles. The summed E-state index contributed by atoms with van der Waals surface area (Å²) in [6, 6.07) is 29.4. The topological polar surface area (TPSA) is 78.5 Å². The van der Waals surface area contributed by atoms with Crippen molar-refractivity contribution < 1.29 is 14.4 Å². The molecular formula is C33H24ClN3O3. The molecule has 196 valence electrons. The molecular weight excluding hydrogens is 522 g/mol. The lowest BCUT2D eigenvalue weighted by Crippen LogP contribution is -2.51. The van der Waals surface area contributed by atoms with E-state index >= 15 is 0 Å². The molecule has 0 aliphatic carbocycles. The smallest absolute Gasteiger partial charge is 0.247 e. The molecule has 0 aromatic heterocycles. The number of fused-ring (bicyclic) bond motifs is 6. The molecule has 40 heavy (non-hydrogen) atoms. The summed E-state index contributed by atoms with van der Waals surface area (Å²) in [5.74, 6) is -1.94. The first-order valence-corrected chi connectivity index (χ1v) is 13.5. The van der Waals surface area contributed by atoms with E-state index in [0.29, 0.717) is 22.0 Å². The monoisotopic (exact) mass is 545 g/mol. The predicted molar refractivity (Wildman–Crippen MR) is 157 cm³/mol. The second kappa shape index (κ2) is 9.21. The molecule has 4 aromatic rings. The Labute approximate surface area is 236 Å². The van der Waals surface area contributed by atoms with E-state index in [1.54, 1.807) is 48.5 Å². The highest BCUT2D eigenvalue weighted by Crippen LogP contribution is 2.57. The van der Waals surface area contributed by atoms with Crippen molar-refractivity contribution in [2.45, 2.75) is 17.5 Å². The van der Waals surface area contributed by atoms with E-state index in [2.05, 4.69) is 10.6 Å². The van der Waals surface area contributed by atoms with Gasteiger partial charge in [-0.15, -0.1) is 0 Å². The minimum Gasteiger partial charge on any atom is -0.350 e. The number of benzene rings is 4. The number of Topliss-reactive ketones (excluding diaryl/α,β-unsaturated/α-hetero) is 1. The van der Waals surface area contributed by atoms with Crippen LogP contribution in [0.25, 0.3) is 6.08 Å². The number of carbonyl (C=O) groups is 3. The molecule has 2 N–H and O–H groups in total. The highest BCUT2D eigenvalue weighted by molar-refractivity contribution is 6.30. The Kier molecular flexibility index (Phi) is 5.61. The minimum absolute atomic E-state index is 0.260. The van der Waals surface area contributed by atoms with Crippen molar-refractivity contribution in [3.8, 4) is 0 Å². The number of amides is 2. The maximum absolute atomic E-state index is 14.6. The molecule has 2 amide bonds. The van der Waals surface area contributed by atoms with Crippen molar-refractivity contribution in [2.75, 3.05) is 15.5 Å². The van der Waals surface area contributed by atoms with Crippen molar-refractivity contribution in [3.05, 3.63) is 131 Å². The maximum atomic E-state index is 14.6. The number of nitrogens with zero attached hydrogens (tertiary/aromatic N) is 1. The molecule has 7 heteroatoms. The summed E-state index contributed by atoms with van der Waals surface area (Å²) in [4.78, 5) is 45.2. The first kappa shape index (κ1) is 24.4. The Hall–Kier alpha value is -4.68. The summed E-state index contributed by atoms with van der Waals surface area (Å²) in [7, 11) is 0. The molecule has 3 aliphatic rings. The normalized spacial score (nSPS) is 23.8. The van der Waals surface area contributed by atoms with Crippen molar-refractivity contribution in [1.29, 1.82) is 0 Å². The summed E-state index contributed by atoms with van der Waals surface area (Å²) in [6.45, 7) is 0. The maximum Gasteiger partial charge on any atom is 0.247 e. The van der Waals surface area contributed by atoms with Crippen molar-refractivity contribution >= 4 is 52.3 Å². The van der Waals surface area contributed by atoms with Gasteiger partial charge in [0.05, 0.1) is 12.0 Å². The van der Waals surface area contributed by atoms with Gasteiger partial charge in [0.15, 0.2) is 5.78 Å². The number of anilines is 3. The molecule has 3 heterocycles. The van der Waals surface area contributed by atoms with E-state index in [1.165, 1.54) is 0 Å². The number of rotatable bonds is 4. The second-order valence-corrected chi connectivity index (χ2v) is 10.7. The van der Waals surface area contributed by atoms with E-state index in [-0.39, 0.29) is 17.6 Å². The zero-order valence-electron chi connectivity index (χ0n) is 21.3. The lowest BCUT2D eigenvalue weighted by Gasteiger charge is -2.37. The Balaban J connectivity index is 1.48. The van der Waals surface area contributed by atoms with E-state index in [4.69, 9.17) is 11.6 Å². The molecule has 1 spiro atoms. The molecule has 0 radical (unpaired) electrons. The number of halogens is 1. The third kappa shape index (κ3) is 3.46. The third-order valence-corrected chi connectivity index (χ3v) is 8.52. The quantitative estimate of drug-likeness (QED) is 0.311. The number of ketones is 1. The molecule has 4 unspecified atom stereocenters. The molecule has 6 nitrogen and oxygen atoms in total. The molecule has 0 saturated carbocycles. The zero-order chi connectivity index (χ0) is 27.4. The average Bonchev–Trinajstić information content (AvgIpc) is 3.47. The van der Waals surface area contributed by atoms with Gasteiger partial charge in [-0.05, 0) is 47.5 Å². The summed E-state index contributed by atoms with van der Waals surface area (Å²) in [5, 5.41) is 6.60. The van der Waals surface area contributed by atoms with Crippen LogP contribution in [0.4, 0.5) is 17.1 Å². The second-order valence-electron chi connectivity index (χ2n) is 10.3. The van der Waals surface area contributed by atoms with E-state index in [9.17, 15) is 14.4 Å². The van der Waals surface area contributed by atoms with Crippen LogP contribution in [0.3, 0.4) is 0 Å². The Bertz CT molecular complexity index is 1700. The molecule has 3 aliphatic heterocycles. The molecule has 0 bridgehead atoms. The van der Waals surface area contributed by atoms with Gasteiger partial charge in [0, 0.05) is 27.6 Å². The van der Waals surface area contributed by atoms with Gasteiger partial charge in [0.25, 0.3) is 0 Å². The summed E-state index contributed by atoms with van der Waals surface area (Å²) in [6.07, 6.45) is 3.95. The fourth-order valence-electron chi connectivity index (χ4n) is 6.65. The summed E-state index contributed by atoms with van der Waals surface area (Å²) < 4.78 is 0. The van der Waals surface area contributed by atoms with Gasteiger partial charge in [-0.25, -0.2) is 0 Å². The van der Waals surface area contributed by atoms with Crippen LogP contribution < -0.4 is 15.5 Å². The van der Waals surface area contributed by atoms with Gasteiger partial charge in [-0.2, -0.15) is 0 Å². The fraction of sp³-hybridized carbons (Fsp3) is 0.121. The van der Waals surface area contributed by atoms with Gasteiger partial charge in [0.2, 0.25) is 11.8 Å². The molecule has 4 aromatic carbocycles. The highest BCUT2D eigenvalue weighted by Gasteiger charge is 2.70. The van der Waals surface area contributed by atoms with E-state index < -0.39 is 23.4 Å². The van der Waals surface area contributed by atoms with Gasteiger partial charge < -0.3 is 15.5 Å². The number of carbonyl (C=O) groups excluding carboxylic acids is 3. The van der Waals surface area contributed by atoms with Crippen LogP contribution in [0, 0.1) is 5.92 Å². The number of para-hydroxylation sites is 2. The van der Waals surface area contributed by atoms with Crippen molar-refractivity contribution in [1.82, 2.24) is 0 Å². The van der Waals surface area contributed by atoms with Crippen LogP contribution in [0.5, 0.6) is 0 Å². The lowest BCUT2D eigenvalue weighted by atomic mass is 9.64. The fourth-order valence-corrected chi connectivity index (χ4v) is 6.78. The van der Waals surface area contributed by atoms with Crippen molar-refractivity contribution in [3.63, 3.8) is 0 Å². The number of nitrogens with one attached hydrogen (secondary N) is 2. The molecule has 7 rings (SSSR count).